The average Bonchev–Trinajstić information content (AvgIpc) is 2.86. The number of sulfone groups is 1. The fourth-order valence-electron chi connectivity index (χ4n) is 2.68. The van der Waals surface area contributed by atoms with Crippen molar-refractivity contribution in [3.63, 3.8) is 0 Å². The Morgan fingerprint density at radius 1 is 1.35 bits per heavy atom. The molecule has 0 bridgehead atoms. The number of primary amides is 1. The Kier molecular flexibility index (Phi) is 5.25. The highest BCUT2D eigenvalue weighted by Gasteiger charge is 2.34. The van der Waals surface area contributed by atoms with Gasteiger partial charge in [-0.05, 0) is 25.5 Å². The van der Waals surface area contributed by atoms with E-state index in [2.05, 4.69) is 0 Å². The molecule has 7 nitrogen and oxygen atoms in total. The summed E-state index contributed by atoms with van der Waals surface area (Å²) in [5, 5.41) is 0. The van der Waals surface area contributed by atoms with Crippen LogP contribution in [-0.4, -0.2) is 55.8 Å². The number of para-hydroxylation sites is 1. The van der Waals surface area contributed by atoms with E-state index >= 15 is 0 Å². The Morgan fingerprint density at radius 2 is 2.04 bits per heavy atom. The van der Waals surface area contributed by atoms with Crippen LogP contribution in [-0.2, 0) is 14.6 Å². The number of hydrogen-bond acceptors (Lipinski definition) is 5. The number of benzene rings is 1. The zero-order valence-corrected chi connectivity index (χ0v) is 13.7. The molecule has 1 aliphatic rings. The van der Waals surface area contributed by atoms with Gasteiger partial charge in [-0.1, -0.05) is 12.1 Å². The predicted octanol–water partition coefficient (Wildman–Crippen LogP) is 0.200. The second-order valence-electron chi connectivity index (χ2n) is 5.39. The molecule has 2 N–H and O–H groups in total. The molecular formula is C15H20N2O5S. The van der Waals surface area contributed by atoms with Gasteiger partial charge < -0.3 is 15.4 Å². The third-order valence-electron chi connectivity index (χ3n) is 3.81. The molecule has 0 aliphatic carbocycles. The maximum absolute atomic E-state index is 12.3. The summed E-state index contributed by atoms with van der Waals surface area (Å²) in [5.41, 5.74) is 5.46. The minimum Gasteiger partial charge on any atom is -0.483 e. The number of nitrogens with two attached hydrogens (primary N) is 1. The molecule has 1 aromatic carbocycles. The zero-order chi connectivity index (χ0) is 17.0. The molecule has 0 radical (unpaired) electrons. The molecule has 8 heteroatoms. The summed E-state index contributed by atoms with van der Waals surface area (Å²) in [6.07, 6.45) is 0.444. The van der Waals surface area contributed by atoms with Crippen molar-refractivity contribution in [2.45, 2.75) is 19.4 Å². The van der Waals surface area contributed by atoms with E-state index in [9.17, 15) is 18.0 Å². The minimum atomic E-state index is -3.07. The van der Waals surface area contributed by atoms with Crippen LogP contribution in [0.15, 0.2) is 24.3 Å². The van der Waals surface area contributed by atoms with Crippen LogP contribution < -0.4 is 10.5 Å². The highest BCUT2D eigenvalue weighted by Crippen LogP contribution is 2.20. The van der Waals surface area contributed by atoms with Crippen molar-refractivity contribution in [2.24, 2.45) is 5.73 Å². The standard InChI is InChI=1S/C15H20N2O5S/c1-2-17(11-7-8-23(20,21)10-11)14(18)9-22-13-6-4-3-5-12(13)15(16)19/h3-6,11H,2,7-10H2,1H3,(H2,16,19). The van der Waals surface area contributed by atoms with E-state index in [0.29, 0.717) is 13.0 Å². The van der Waals surface area contributed by atoms with Crippen molar-refractivity contribution in [3.05, 3.63) is 29.8 Å². The first-order valence-electron chi connectivity index (χ1n) is 7.35. The van der Waals surface area contributed by atoms with E-state index < -0.39 is 15.7 Å². The number of nitrogens with zero attached hydrogens (tertiary/aromatic N) is 1. The summed E-state index contributed by atoms with van der Waals surface area (Å²) >= 11 is 0. The van der Waals surface area contributed by atoms with Gasteiger partial charge in [0.2, 0.25) is 0 Å². The summed E-state index contributed by atoms with van der Waals surface area (Å²) in [4.78, 5) is 25.1. The molecule has 2 rings (SSSR count). The van der Waals surface area contributed by atoms with E-state index in [0.717, 1.165) is 0 Å². The lowest BCUT2D eigenvalue weighted by atomic mass is 10.2. The normalized spacial score (nSPS) is 19.3. The molecule has 0 aromatic heterocycles. The topological polar surface area (TPSA) is 107 Å². The van der Waals surface area contributed by atoms with Crippen molar-refractivity contribution in [3.8, 4) is 5.75 Å². The predicted molar refractivity (Wildman–Crippen MR) is 84.9 cm³/mol. The molecule has 2 amide bonds. The number of carbonyl (C=O) groups is 2. The van der Waals surface area contributed by atoms with Gasteiger partial charge in [0.05, 0.1) is 17.1 Å². The molecule has 1 saturated heterocycles. The Bertz CT molecular complexity index is 702. The summed E-state index contributed by atoms with van der Waals surface area (Å²) < 4.78 is 28.5. The van der Waals surface area contributed by atoms with Crippen molar-refractivity contribution in [1.82, 2.24) is 4.90 Å². The molecule has 1 atom stereocenters. The van der Waals surface area contributed by atoms with Crippen molar-refractivity contribution in [2.75, 3.05) is 24.7 Å². The highest BCUT2D eigenvalue weighted by molar-refractivity contribution is 7.91. The number of likely N-dealkylation sites (N-methyl/N-ethyl adjacent to an activating group) is 1. The smallest absolute Gasteiger partial charge is 0.260 e. The maximum atomic E-state index is 12.3. The Balaban J connectivity index is 2.02. The Hall–Kier alpha value is -2.09. The van der Waals surface area contributed by atoms with Gasteiger partial charge in [-0.2, -0.15) is 0 Å². The van der Waals surface area contributed by atoms with Crippen LogP contribution in [0.5, 0.6) is 5.75 Å². The van der Waals surface area contributed by atoms with Gasteiger partial charge >= 0.3 is 0 Å². The fourth-order valence-corrected chi connectivity index (χ4v) is 4.41. The summed E-state index contributed by atoms with van der Waals surface area (Å²) in [5.74, 6) is -0.614. The van der Waals surface area contributed by atoms with E-state index in [1.165, 1.54) is 11.0 Å². The number of amides is 2. The molecular weight excluding hydrogens is 320 g/mol. The first-order chi connectivity index (χ1) is 10.8. The number of rotatable bonds is 6. The van der Waals surface area contributed by atoms with Crippen LogP contribution in [0.1, 0.15) is 23.7 Å². The van der Waals surface area contributed by atoms with Crippen molar-refractivity contribution in [1.29, 1.82) is 0 Å². The first-order valence-corrected chi connectivity index (χ1v) is 9.17. The van der Waals surface area contributed by atoms with Gasteiger partial charge in [0.25, 0.3) is 11.8 Å². The Morgan fingerprint density at radius 3 is 2.61 bits per heavy atom. The van der Waals surface area contributed by atoms with Gasteiger partial charge in [-0.25, -0.2) is 8.42 Å². The summed E-state index contributed by atoms with van der Waals surface area (Å²) in [6, 6.07) is 6.09. The monoisotopic (exact) mass is 340 g/mol. The van der Waals surface area contributed by atoms with Gasteiger partial charge in [-0.15, -0.1) is 0 Å². The number of carbonyl (C=O) groups excluding carboxylic acids is 2. The van der Waals surface area contributed by atoms with Crippen molar-refractivity contribution >= 4 is 21.7 Å². The summed E-state index contributed by atoms with van der Waals surface area (Å²) in [6.45, 7) is 1.93. The Labute approximate surface area is 135 Å². The lowest BCUT2D eigenvalue weighted by Crippen LogP contribution is -2.43. The van der Waals surface area contributed by atoms with Crippen LogP contribution in [0.4, 0.5) is 0 Å². The summed E-state index contributed by atoms with van der Waals surface area (Å²) in [7, 11) is -3.07. The third kappa shape index (κ3) is 4.22. The molecule has 1 fully saturated rings. The second kappa shape index (κ2) is 6.99. The van der Waals surface area contributed by atoms with E-state index in [1.807, 2.05) is 0 Å². The van der Waals surface area contributed by atoms with E-state index in [-0.39, 0.29) is 41.4 Å². The van der Waals surface area contributed by atoms with Crippen LogP contribution in [0.3, 0.4) is 0 Å². The molecule has 1 aromatic rings. The molecule has 1 heterocycles. The quantitative estimate of drug-likeness (QED) is 0.796. The van der Waals surface area contributed by atoms with E-state index in [1.54, 1.807) is 25.1 Å². The van der Waals surface area contributed by atoms with Crippen LogP contribution in [0.2, 0.25) is 0 Å². The zero-order valence-electron chi connectivity index (χ0n) is 12.9. The van der Waals surface area contributed by atoms with E-state index in [4.69, 9.17) is 10.5 Å². The molecule has 1 unspecified atom stereocenters. The van der Waals surface area contributed by atoms with Gasteiger partial charge in [-0.3, -0.25) is 9.59 Å². The molecule has 1 aliphatic heterocycles. The fraction of sp³-hybridized carbons (Fsp3) is 0.467. The van der Waals surface area contributed by atoms with Crippen LogP contribution in [0.25, 0.3) is 0 Å². The molecule has 126 valence electrons. The van der Waals surface area contributed by atoms with Crippen LogP contribution in [0, 0.1) is 0 Å². The number of hydrogen-bond donors (Lipinski definition) is 1. The second-order valence-corrected chi connectivity index (χ2v) is 7.61. The van der Waals surface area contributed by atoms with Gasteiger partial charge in [0.1, 0.15) is 5.75 Å². The number of ether oxygens (including phenoxy) is 1. The molecule has 0 saturated carbocycles. The maximum Gasteiger partial charge on any atom is 0.260 e. The molecule has 0 spiro atoms. The third-order valence-corrected chi connectivity index (χ3v) is 5.56. The minimum absolute atomic E-state index is 0.00947. The lowest BCUT2D eigenvalue weighted by molar-refractivity contribution is -0.135. The first kappa shape index (κ1) is 17.3. The van der Waals surface area contributed by atoms with Crippen LogP contribution >= 0.6 is 0 Å². The highest BCUT2D eigenvalue weighted by atomic mass is 32.2. The van der Waals surface area contributed by atoms with Gasteiger partial charge in [0.15, 0.2) is 16.4 Å². The average molecular weight is 340 g/mol. The largest absolute Gasteiger partial charge is 0.483 e. The SMILES string of the molecule is CCN(C(=O)COc1ccccc1C(N)=O)C1CCS(=O)(=O)C1. The van der Waals surface area contributed by atoms with Gasteiger partial charge in [0, 0.05) is 12.6 Å². The van der Waals surface area contributed by atoms with Crippen molar-refractivity contribution < 1.29 is 22.7 Å². The molecule has 23 heavy (non-hydrogen) atoms. The lowest BCUT2D eigenvalue weighted by Gasteiger charge is -2.26.